The standard InChI is InChI=1S/C28H26N2O5/c1-18-8-11-20(12-9-18)23-17-30(28(32)29-23)22-7-5-6-21(16-22)24(31)13-10-19-14-25(33-2)27(35-4)26(15-19)34-3/h5-17H,1-4H3,(H,29,32)/b13-10+. The van der Waals surface area contributed by atoms with Crippen LogP contribution in [-0.2, 0) is 0 Å². The number of ether oxygens (including phenoxy) is 3. The first-order valence-electron chi connectivity index (χ1n) is 10.9. The average Bonchev–Trinajstić information content (AvgIpc) is 3.28. The SMILES string of the molecule is COc1cc(/C=C/C(=O)c2cccc(-n3cc(-c4ccc(C)cc4)[nH]c3=O)c2)cc(OC)c1OC. The van der Waals surface area contributed by atoms with Gasteiger partial charge in [-0.15, -0.1) is 0 Å². The molecule has 4 rings (SSSR count). The van der Waals surface area contributed by atoms with E-state index in [0.717, 1.165) is 11.1 Å². The molecule has 1 heterocycles. The maximum absolute atomic E-state index is 12.9. The van der Waals surface area contributed by atoms with Crippen LogP contribution in [0.3, 0.4) is 0 Å². The molecule has 0 saturated heterocycles. The van der Waals surface area contributed by atoms with Gasteiger partial charge in [-0.1, -0.05) is 48.0 Å². The molecule has 0 aliphatic carbocycles. The third-order valence-electron chi connectivity index (χ3n) is 5.60. The Morgan fingerprint density at radius 2 is 1.60 bits per heavy atom. The van der Waals surface area contributed by atoms with Crippen molar-refractivity contribution < 1.29 is 19.0 Å². The Morgan fingerprint density at radius 3 is 2.23 bits per heavy atom. The topological polar surface area (TPSA) is 82.6 Å². The summed E-state index contributed by atoms with van der Waals surface area (Å²) in [5.74, 6) is 1.27. The summed E-state index contributed by atoms with van der Waals surface area (Å²) in [5.41, 5.74) is 4.24. The Kier molecular flexibility index (Phi) is 6.87. The van der Waals surface area contributed by atoms with Crippen LogP contribution >= 0.6 is 0 Å². The number of hydrogen-bond acceptors (Lipinski definition) is 5. The number of hydrogen-bond donors (Lipinski definition) is 1. The van der Waals surface area contributed by atoms with Crippen LogP contribution < -0.4 is 19.9 Å². The van der Waals surface area contributed by atoms with Gasteiger partial charge >= 0.3 is 5.69 Å². The number of methoxy groups -OCH3 is 3. The number of allylic oxidation sites excluding steroid dienone is 1. The number of benzene rings is 3. The zero-order valence-electron chi connectivity index (χ0n) is 20.0. The second kappa shape index (κ2) is 10.2. The molecule has 178 valence electrons. The van der Waals surface area contributed by atoms with Crippen molar-refractivity contribution in [1.82, 2.24) is 9.55 Å². The molecule has 0 atom stereocenters. The molecule has 0 aliphatic rings. The van der Waals surface area contributed by atoms with Crippen LogP contribution in [0, 0.1) is 6.92 Å². The number of nitrogens with one attached hydrogen (secondary N) is 1. The molecule has 35 heavy (non-hydrogen) atoms. The third kappa shape index (κ3) is 5.04. The summed E-state index contributed by atoms with van der Waals surface area (Å²) in [7, 11) is 4.61. The van der Waals surface area contributed by atoms with Gasteiger partial charge in [-0.25, -0.2) is 4.79 Å². The summed E-state index contributed by atoms with van der Waals surface area (Å²) in [6.07, 6.45) is 4.89. The van der Waals surface area contributed by atoms with E-state index in [4.69, 9.17) is 14.2 Å². The highest BCUT2D eigenvalue weighted by molar-refractivity contribution is 6.07. The third-order valence-corrected chi connectivity index (χ3v) is 5.60. The normalized spacial score (nSPS) is 11.0. The van der Waals surface area contributed by atoms with Crippen molar-refractivity contribution in [2.24, 2.45) is 0 Å². The summed E-state index contributed by atoms with van der Waals surface area (Å²) >= 11 is 0. The quantitative estimate of drug-likeness (QED) is 0.287. The largest absolute Gasteiger partial charge is 0.493 e. The van der Waals surface area contributed by atoms with E-state index in [-0.39, 0.29) is 11.5 Å². The van der Waals surface area contributed by atoms with Crippen LogP contribution in [0.5, 0.6) is 17.2 Å². The van der Waals surface area contributed by atoms with E-state index in [1.165, 1.54) is 32.0 Å². The minimum absolute atomic E-state index is 0.206. The number of nitrogens with zero attached hydrogens (tertiary/aromatic N) is 1. The molecule has 0 fully saturated rings. The number of aromatic nitrogens is 2. The molecule has 0 radical (unpaired) electrons. The van der Waals surface area contributed by atoms with E-state index in [9.17, 15) is 9.59 Å². The second-order valence-electron chi connectivity index (χ2n) is 7.92. The highest BCUT2D eigenvalue weighted by Crippen LogP contribution is 2.38. The zero-order chi connectivity index (χ0) is 24.9. The molecule has 0 saturated carbocycles. The lowest BCUT2D eigenvalue weighted by atomic mass is 10.1. The van der Waals surface area contributed by atoms with E-state index in [1.807, 2.05) is 31.2 Å². The molecule has 1 N–H and O–H groups in total. The zero-order valence-corrected chi connectivity index (χ0v) is 20.0. The fraction of sp³-hybridized carbons (Fsp3) is 0.143. The first kappa shape index (κ1) is 23.6. The van der Waals surface area contributed by atoms with E-state index in [1.54, 1.807) is 48.7 Å². The Balaban J connectivity index is 1.60. The van der Waals surface area contributed by atoms with Crippen molar-refractivity contribution in [2.75, 3.05) is 21.3 Å². The van der Waals surface area contributed by atoms with Crippen LogP contribution in [0.25, 0.3) is 23.0 Å². The molecule has 0 amide bonds. The highest BCUT2D eigenvalue weighted by atomic mass is 16.5. The lowest BCUT2D eigenvalue weighted by Crippen LogP contribution is -2.14. The van der Waals surface area contributed by atoms with Gasteiger partial charge in [-0.05, 0) is 48.4 Å². The molecule has 1 aromatic heterocycles. The number of rotatable bonds is 8. The molecule has 0 unspecified atom stereocenters. The Bertz CT molecular complexity index is 1420. The Morgan fingerprint density at radius 1 is 0.914 bits per heavy atom. The van der Waals surface area contributed by atoms with E-state index in [0.29, 0.717) is 39.8 Å². The molecule has 7 heteroatoms. The van der Waals surface area contributed by atoms with Gasteiger partial charge in [0.25, 0.3) is 0 Å². The van der Waals surface area contributed by atoms with Gasteiger partial charge in [-0.3, -0.25) is 9.36 Å². The molecule has 0 spiro atoms. The number of imidazole rings is 1. The number of carbonyl (C=O) groups is 1. The fourth-order valence-corrected chi connectivity index (χ4v) is 3.74. The summed E-state index contributed by atoms with van der Waals surface area (Å²) < 4.78 is 17.6. The van der Waals surface area contributed by atoms with Crippen molar-refractivity contribution in [3.63, 3.8) is 0 Å². The molecule has 4 aromatic rings. The van der Waals surface area contributed by atoms with Crippen molar-refractivity contribution in [3.8, 4) is 34.2 Å². The summed E-state index contributed by atoms with van der Waals surface area (Å²) in [6, 6.07) is 18.3. The molecular weight excluding hydrogens is 444 g/mol. The van der Waals surface area contributed by atoms with Crippen molar-refractivity contribution in [3.05, 3.63) is 100 Å². The fourth-order valence-electron chi connectivity index (χ4n) is 3.74. The Hall–Kier alpha value is -4.52. The van der Waals surface area contributed by atoms with Crippen LogP contribution in [0.4, 0.5) is 0 Å². The van der Waals surface area contributed by atoms with Crippen molar-refractivity contribution in [1.29, 1.82) is 0 Å². The first-order chi connectivity index (χ1) is 16.9. The lowest BCUT2D eigenvalue weighted by molar-refractivity contribution is 0.104. The van der Waals surface area contributed by atoms with Crippen LogP contribution in [-0.4, -0.2) is 36.7 Å². The molecule has 3 aromatic carbocycles. The van der Waals surface area contributed by atoms with Crippen LogP contribution in [0.1, 0.15) is 21.5 Å². The van der Waals surface area contributed by atoms with Gasteiger partial charge in [0.15, 0.2) is 17.3 Å². The predicted octanol–water partition coefficient (Wildman–Crippen LogP) is 5.06. The number of aryl methyl sites for hydroxylation is 1. The lowest BCUT2D eigenvalue weighted by Gasteiger charge is -2.12. The van der Waals surface area contributed by atoms with Gasteiger partial charge in [0.05, 0.1) is 32.7 Å². The number of ketones is 1. The average molecular weight is 471 g/mol. The van der Waals surface area contributed by atoms with Crippen LogP contribution in [0.2, 0.25) is 0 Å². The maximum atomic E-state index is 12.9. The highest BCUT2D eigenvalue weighted by Gasteiger charge is 2.13. The van der Waals surface area contributed by atoms with Crippen molar-refractivity contribution in [2.45, 2.75) is 6.92 Å². The molecule has 0 bridgehead atoms. The summed E-state index contributed by atoms with van der Waals surface area (Å²) in [6.45, 7) is 2.01. The van der Waals surface area contributed by atoms with Crippen molar-refractivity contribution >= 4 is 11.9 Å². The van der Waals surface area contributed by atoms with Gasteiger partial charge in [0.2, 0.25) is 5.75 Å². The Labute approximate surface area is 203 Å². The van der Waals surface area contributed by atoms with Gasteiger partial charge < -0.3 is 19.2 Å². The minimum Gasteiger partial charge on any atom is -0.493 e. The number of H-pyrrole nitrogens is 1. The number of carbonyl (C=O) groups excluding carboxylic acids is 1. The predicted molar refractivity (Wildman–Crippen MR) is 136 cm³/mol. The monoisotopic (exact) mass is 470 g/mol. The van der Waals surface area contributed by atoms with E-state index < -0.39 is 0 Å². The van der Waals surface area contributed by atoms with Gasteiger partial charge in [0, 0.05) is 11.8 Å². The minimum atomic E-state index is -0.280. The summed E-state index contributed by atoms with van der Waals surface area (Å²) in [4.78, 5) is 28.4. The molecule has 0 aliphatic heterocycles. The number of aromatic amines is 1. The van der Waals surface area contributed by atoms with E-state index in [2.05, 4.69) is 4.98 Å². The van der Waals surface area contributed by atoms with Gasteiger partial charge in [0.1, 0.15) is 0 Å². The van der Waals surface area contributed by atoms with Gasteiger partial charge in [-0.2, -0.15) is 0 Å². The smallest absolute Gasteiger partial charge is 0.330 e. The van der Waals surface area contributed by atoms with E-state index >= 15 is 0 Å². The molecular formula is C28H26N2O5. The molecule has 7 nitrogen and oxygen atoms in total. The first-order valence-corrected chi connectivity index (χ1v) is 10.9. The second-order valence-corrected chi connectivity index (χ2v) is 7.92. The van der Waals surface area contributed by atoms with Crippen LogP contribution in [0.15, 0.2) is 77.7 Å². The summed E-state index contributed by atoms with van der Waals surface area (Å²) in [5, 5.41) is 0. The maximum Gasteiger partial charge on any atom is 0.330 e.